The lowest BCUT2D eigenvalue weighted by Gasteiger charge is -2.12. The smallest absolute Gasteiger partial charge is 0.283 e. The number of hydrogen-bond acceptors (Lipinski definition) is 5. The summed E-state index contributed by atoms with van der Waals surface area (Å²) in [5.41, 5.74) is 4.18. The van der Waals surface area contributed by atoms with Crippen molar-refractivity contribution in [2.45, 2.75) is 25.9 Å². The lowest BCUT2D eigenvalue weighted by Crippen LogP contribution is -2.23. The number of carbonyl (C=O) groups is 1. The first-order valence-electron chi connectivity index (χ1n) is 10.3. The van der Waals surface area contributed by atoms with Crippen LogP contribution in [-0.4, -0.2) is 32.8 Å². The first-order valence-corrected chi connectivity index (χ1v) is 11.3. The van der Waals surface area contributed by atoms with Gasteiger partial charge in [0.25, 0.3) is 5.56 Å². The van der Waals surface area contributed by atoms with Crippen molar-refractivity contribution in [1.82, 2.24) is 14.5 Å². The van der Waals surface area contributed by atoms with Crippen molar-refractivity contribution in [2.75, 3.05) is 17.7 Å². The second kappa shape index (κ2) is 9.32. The fraction of sp³-hybridized carbons (Fsp3) is 0.208. The SMILES string of the molecule is CCOc1ccc(NC(=O)CSc2nc3cc(C)[nH]c3c(=O)n2-c2ccc(C)cc2)cc1. The van der Waals surface area contributed by atoms with E-state index >= 15 is 0 Å². The van der Waals surface area contributed by atoms with Gasteiger partial charge in [0.2, 0.25) is 5.91 Å². The third-order valence-corrected chi connectivity index (χ3v) is 5.77. The van der Waals surface area contributed by atoms with Crippen LogP contribution >= 0.6 is 11.8 Å². The molecule has 4 rings (SSSR count). The molecule has 0 radical (unpaired) electrons. The van der Waals surface area contributed by atoms with E-state index in [9.17, 15) is 9.59 Å². The van der Waals surface area contributed by atoms with E-state index in [1.54, 1.807) is 16.7 Å². The average Bonchev–Trinajstić information content (AvgIpc) is 3.15. The third-order valence-electron chi connectivity index (χ3n) is 4.83. The summed E-state index contributed by atoms with van der Waals surface area (Å²) < 4.78 is 6.97. The number of nitrogens with one attached hydrogen (secondary N) is 2. The molecule has 0 atom stereocenters. The fourth-order valence-electron chi connectivity index (χ4n) is 3.32. The Balaban J connectivity index is 1.59. The van der Waals surface area contributed by atoms with Crippen LogP contribution in [0.15, 0.2) is 64.5 Å². The molecule has 2 N–H and O–H groups in total. The lowest BCUT2D eigenvalue weighted by atomic mass is 10.2. The summed E-state index contributed by atoms with van der Waals surface area (Å²) >= 11 is 1.22. The van der Waals surface area contributed by atoms with Crippen LogP contribution in [0.25, 0.3) is 16.7 Å². The Bertz CT molecular complexity index is 1310. The maximum absolute atomic E-state index is 13.2. The summed E-state index contributed by atoms with van der Waals surface area (Å²) in [6, 6.07) is 16.7. The monoisotopic (exact) mass is 448 g/mol. The van der Waals surface area contributed by atoms with Gasteiger partial charge in [-0.1, -0.05) is 29.5 Å². The van der Waals surface area contributed by atoms with Crippen molar-refractivity contribution in [1.29, 1.82) is 0 Å². The Labute approximate surface area is 189 Å². The molecule has 0 aliphatic carbocycles. The topological polar surface area (TPSA) is 89.0 Å². The van der Waals surface area contributed by atoms with Gasteiger partial charge < -0.3 is 15.0 Å². The van der Waals surface area contributed by atoms with Crippen molar-refractivity contribution >= 4 is 34.4 Å². The number of aromatic nitrogens is 3. The largest absolute Gasteiger partial charge is 0.494 e. The number of amides is 1. The molecular formula is C24H24N4O3S. The number of thioether (sulfide) groups is 1. The van der Waals surface area contributed by atoms with Crippen LogP contribution in [0, 0.1) is 13.8 Å². The van der Waals surface area contributed by atoms with E-state index in [0.29, 0.717) is 34.2 Å². The molecule has 0 fully saturated rings. The summed E-state index contributed by atoms with van der Waals surface area (Å²) in [6.07, 6.45) is 0. The molecule has 0 bridgehead atoms. The number of nitrogens with zero attached hydrogens (tertiary/aromatic N) is 2. The Kier molecular flexibility index (Phi) is 6.32. The Morgan fingerprint density at radius 2 is 1.84 bits per heavy atom. The predicted molar refractivity (Wildman–Crippen MR) is 128 cm³/mol. The van der Waals surface area contributed by atoms with Crippen LogP contribution in [0.2, 0.25) is 0 Å². The number of aromatic amines is 1. The van der Waals surface area contributed by atoms with E-state index in [1.165, 1.54) is 11.8 Å². The molecule has 32 heavy (non-hydrogen) atoms. The van der Waals surface area contributed by atoms with Gasteiger partial charge in [-0.15, -0.1) is 0 Å². The average molecular weight is 449 g/mol. The molecule has 2 heterocycles. The van der Waals surface area contributed by atoms with Crippen molar-refractivity contribution < 1.29 is 9.53 Å². The van der Waals surface area contributed by atoms with E-state index in [4.69, 9.17) is 4.74 Å². The maximum atomic E-state index is 13.2. The minimum absolute atomic E-state index is 0.112. The van der Waals surface area contributed by atoms with Gasteiger partial charge in [-0.05, 0) is 63.2 Å². The standard InChI is InChI=1S/C24H24N4O3S/c1-4-31-19-11-7-17(8-12-19)26-21(29)14-32-24-27-20-13-16(3)25-22(20)23(30)28(24)18-9-5-15(2)6-10-18/h5-13,25H,4,14H2,1-3H3,(H,26,29). The number of anilines is 1. The molecular weight excluding hydrogens is 424 g/mol. The molecule has 2 aromatic heterocycles. The lowest BCUT2D eigenvalue weighted by molar-refractivity contribution is -0.113. The highest BCUT2D eigenvalue weighted by atomic mass is 32.2. The number of aryl methyl sites for hydroxylation is 2. The normalized spacial score (nSPS) is 11.0. The summed E-state index contributed by atoms with van der Waals surface area (Å²) in [6.45, 7) is 6.38. The molecule has 8 heteroatoms. The van der Waals surface area contributed by atoms with Gasteiger partial charge >= 0.3 is 0 Å². The van der Waals surface area contributed by atoms with Crippen molar-refractivity contribution in [3.8, 4) is 11.4 Å². The van der Waals surface area contributed by atoms with Gasteiger partial charge in [-0.3, -0.25) is 14.2 Å². The number of ether oxygens (including phenoxy) is 1. The number of carbonyl (C=O) groups excluding carboxylic acids is 1. The molecule has 0 aliphatic rings. The third kappa shape index (κ3) is 4.70. The van der Waals surface area contributed by atoms with Gasteiger partial charge in [0.15, 0.2) is 5.16 Å². The summed E-state index contributed by atoms with van der Waals surface area (Å²) in [4.78, 5) is 33.5. The maximum Gasteiger partial charge on any atom is 0.283 e. The number of H-pyrrole nitrogens is 1. The number of fused-ring (bicyclic) bond motifs is 1. The Morgan fingerprint density at radius 3 is 2.53 bits per heavy atom. The van der Waals surface area contributed by atoms with Crippen molar-refractivity contribution in [3.05, 3.63) is 76.2 Å². The van der Waals surface area contributed by atoms with E-state index in [-0.39, 0.29) is 17.2 Å². The number of benzene rings is 2. The molecule has 2 aromatic carbocycles. The molecule has 0 saturated heterocycles. The molecule has 7 nitrogen and oxygen atoms in total. The van der Waals surface area contributed by atoms with Crippen LogP contribution in [0.1, 0.15) is 18.2 Å². The van der Waals surface area contributed by atoms with E-state index < -0.39 is 0 Å². The van der Waals surface area contributed by atoms with Crippen LogP contribution in [0.4, 0.5) is 5.69 Å². The Morgan fingerprint density at radius 1 is 1.12 bits per heavy atom. The van der Waals surface area contributed by atoms with E-state index in [0.717, 1.165) is 17.0 Å². The molecule has 0 aliphatic heterocycles. The van der Waals surface area contributed by atoms with E-state index in [2.05, 4.69) is 15.3 Å². The first-order chi connectivity index (χ1) is 15.4. The second-order valence-electron chi connectivity index (χ2n) is 7.38. The van der Waals surface area contributed by atoms with Gasteiger partial charge in [0.1, 0.15) is 11.3 Å². The quantitative estimate of drug-likeness (QED) is 0.322. The van der Waals surface area contributed by atoms with Crippen LogP contribution in [0.3, 0.4) is 0 Å². The van der Waals surface area contributed by atoms with Gasteiger partial charge in [0, 0.05) is 11.4 Å². The van der Waals surface area contributed by atoms with Crippen molar-refractivity contribution in [3.63, 3.8) is 0 Å². The number of rotatable bonds is 7. The molecule has 1 amide bonds. The molecule has 164 valence electrons. The van der Waals surface area contributed by atoms with E-state index in [1.807, 2.05) is 63.2 Å². The zero-order valence-electron chi connectivity index (χ0n) is 18.1. The zero-order chi connectivity index (χ0) is 22.7. The van der Waals surface area contributed by atoms with Crippen LogP contribution in [0.5, 0.6) is 5.75 Å². The molecule has 4 aromatic rings. The highest BCUT2D eigenvalue weighted by molar-refractivity contribution is 7.99. The van der Waals surface area contributed by atoms with Crippen LogP contribution in [-0.2, 0) is 4.79 Å². The van der Waals surface area contributed by atoms with Gasteiger partial charge in [-0.2, -0.15) is 0 Å². The fourth-order valence-corrected chi connectivity index (χ4v) is 4.14. The summed E-state index contributed by atoms with van der Waals surface area (Å²) in [7, 11) is 0. The molecule has 0 saturated carbocycles. The van der Waals surface area contributed by atoms with Crippen LogP contribution < -0.4 is 15.6 Å². The second-order valence-corrected chi connectivity index (χ2v) is 8.32. The first kappa shape index (κ1) is 21.7. The Hall–Kier alpha value is -3.52. The van der Waals surface area contributed by atoms with Crippen molar-refractivity contribution in [2.24, 2.45) is 0 Å². The van der Waals surface area contributed by atoms with Gasteiger partial charge in [-0.25, -0.2) is 4.98 Å². The highest BCUT2D eigenvalue weighted by Crippen LogP contribution is 2.23. The molecule has 0 spiro atoms. The summed E-state index contributed by atoms with van der Waals surface area (Å²) in [5, 5.41) is 3.33. The highest BCUT2D eigenvalue weighted by Gasteiger charge is 2.16. The zero-order valence-corrected chi connectivity index (χ0v) is 19.0. The summed E-state index contributed by atoms with van der Waals surface area (Å²) in [5.74, 6) is 0.677. The molecule has 0 unspecified atom stereocenters. The number of hydrogen-bond donors (Lipinski definition) is 2. The minimum Gasteiger partial charge on any atom is -0.494 e. The van der Waals surface area contributed by atoms with Gasteiger partial charge in [0.05, 0.1) is 23.6 Å². The predicted octanol–water partition coefficient (Wildman–Crippen LogP) is 4.46. The minimum atomic E-state index is -0.193.